The zero-order chi connectivity index (χ0) is 20.8. The van der Waals surface area contributed by atoms with Gasteiger partial charge in [0.15, 0.2) is 10.8 Å². The number of esters is 1. The molecule has 30 heavy (non-hydrogen) atoms. The normalized spacial score (nSPS) is 10.5. The van der Waals surface area contributed by atoms with E-state index in [1.165, 1.54) is 11.3 Å². The predicted octanol–water partition coefficient (Wildman–Crippen LogP) is 4.94. The zero-order valence-corrected chi connectivity index (χ0v) is 16.7. The second-order valence-corrected chi connectivity index (χ2v) is 7.31. The van der Waals surface area contributed by atoms with E-state index >= 15 is 0 Å². The number of hydrogen-bond acceptors (Lipinski definition) is 6. The number of carbonyl (C=O) groups is 2. The lowest BCUT2D eigenvalue weighted by Crippen LogP contribution is -2.17. The van der Waals surface area contributed by atoms with Crippen LogP contribution in [0.25, 0.3) is 10.8 Å². The van der Waals surface area contributed by atoms with E-state index in [0.29, 0.717) is 22.7 Å². The van der Waals surface area contributed by atoms with E-state index in [1.54, 1.807) is 36.6 Å². The first-order chi connectivity index (χ1) is 14.7. The van der Waals surface area contributed by atoms with Gasteiger partial charge in [0.2, 0.25) is 5.91 Å². The van der Waals surface area contributed by atoms with E-state index in [9.17, 15) is 9.59 Å². The molecule has 4 rings (SSSR count). The molecule has 6 nitrogen and oxygen atoms in total. The van der Waals surface area contributed by atoms with Crippen molar-refractivity contribution >= 4 is 28.9 Å². The number of carbonyl (C=O) groups excluding carboxylic acids is 2. The van der Waals surface area contributed by atoms with E-state index < -0.39 is 5.97 Å². The minimum Gasteiger partial charge on any atom is -0.462 e. The predicted molar refractivity (Wildman–Crippen MR) is 114 cm³/mol. The van der Waals surface area contributed by atoms with Crippen LogP contribution in [-0.4, -0.2) is 16.9 Å². The van der Waals surface area contributed by atoms with Crippen molar-refractivity contribution < 1.29 is 18.7 Å². The lowest BCUT2D eigenvalue weighted by Gasteiger charge is -2.10. The van der Waals surface area contributed by atoms with Crippen LogP contribution in [0.2, 0.25) is 0 Å². The number of hydrogen-bond donors (Lipinski definition) is 1. The molecule has 2 heterocycles. The Morgan fingerprint density at radius 1 is 1.00 bits per heavy atom. The van der Waals surface area contributed by atoms with Crippen molar-refractivity contribution in [3.8, 4) is 10.8 Å². The molecule has 0 atom stereocenters. The summed E-state index contributed by atoms with van der Waals surface area (Å²) in [6, 6.07) is 19.8. The summed E-state index contributed by atoms with van der Waals surface area (Å²) in [5.41, 5.74) is 2.23. The summed E-state index contributed by atoms with van der Waals surface area (Å²) in [6.07, 6.45) is 1.80. The van der Waals surface area contributed by atoms with Gasteiger partial charge in [0.1, 0.15) is 6.61 Å². The van der Waals surface area contributed by atoms with Crippen molar-refractivity contribution in [2.45, 2.75) is 13.0 Å². The number of para-hydroxylation sites is 1. The summed E-state index contributed by atoms with van der Waals surface area (Å²) in [7, 11) is 0. The van der Waals surface area contributed by atoms with Crippen molar-refractivity contribution in [3.05, 3.63) is 95.2 Å². The van der Waals surface area contributed by atoms with E-state index in [0.717, 1.165) is 10.6 Å². The molecule has 0 aliphatic rings. The fourth-order valence-corrected chi connectivity index (χ4v) is 3.62. The minimum atomic E-state index is -0.529. The van der Waals surface area contributed by atoms with E-state index in [2.05, 4.69) is 10.3 Å². The molecule has 2 aromatic heterocycles. The van der Waals surface area contributed by atoms with Crippen LogP contribution < -0.4 is 5.32 Å². The Bertz CT molecular complexity index is 1140. The van der Waals surface area contributed by atoms with Gasteiger partial charge in [-0.1, -0.05) is 42.5 Å². The van der Waals surface area contributed by atoms with E-state index in [4.69, 9.17) is 9.15 Å². The van der Waals surface area contributed by atoms with Gasteiger partial charge >= 0.3 is 5.97 Å². The van der Waals surface area contributed by atoms with Crippen LogP contribution in [0.1, 0.15) is 21.6 Å². The fraction of sp³-hybridized carbons (Fsp3) is 0.0870. The van der Waals surface area contributed by atoms with Gasteiger partial charge in [0, 0.05) is 5.38 Å². The van der Waals surface area contributed by atoms with E-state index in [-0.39, 0.29) is 18.9 Å². The number of benzene rings is 2. The third kappa shape index (κ3) is 4.82. The quantitative estimate of drug-likeness (QED) is 0.430. The van der Waals surface area contributed by atoms with Crippen molar-refractivity contribution in [2.75, 3.05) is 5.32 Å². The van der Waals surface area contributed by atoms with Gasteiger partial charge in [-0.05, 0) is 29.8 Å². The third-order valence-electron chi connectivity index (χ3n) is 4.26. The summed E-state index contributed by atoms with van der Waals surface area (Å²) in [4.78, 5) is 29.4. The molecule has 1 amide bonds. The molecule has 0 unspecified atom stereocenters. The highest BCUT2D eigenvalue weighted by atomic mass is 32.1. The highest BCUT2D eigenvalue weighted by Crippen LogP contribution is 2.24. The highest BCUT2D eigenvalue weighted by Gasteiger charge is 2.16. The first-order valence-corrected chi connectivity index (χ1v) is 10.2. The summed E-state index contributed by atoms with van der Waals surface area (Å²) in [5, 5.41) is 5.34. The maximum Gasteiger partial charge on any atom is 0.340 e. The maximum atomic E-state index is 12.6. The van der Waals surface area contributed by atoms with Gasteiger partial charge in [0.25, 0.3) is 0 Å². The molecule has 2 aromatic carbocycles. The second-order valence-electron chi connectivity index (χ2n) is 6.45. The van der Waals surface area contributed by atoms with Crippen molar-refractivity contribution in [3.63, 3.8) is 0 Å². The third-order valence-corrected chi connectivity index (χ3v) is 5.17. The number of nitrogens with zero attached hydrogens (tertiary/aromatic N) is 1. The molecule has 0 saturated heterocycles. The summed E-state index contributed by atoms with van der Waals surface area (Å²) in [6.45, 7) is 0.0301. The average Bonchev–Trinajstić information content (AvgIpc) is 3.45. The summed E-state index contributed by atoms with van der Waals surface area (Å²) >= 11 is 1.41. The molecule has 0 fully saturated rings. The molecule has 7 heteroatoms. The van der Waals surface area contributed by atoms with Gasteiger partial charge in [-0.15, -0.1) is 11.3 Å². The Kier molecular flexibility index (Phi) is 6.01. The Labute approximate surface area is 177 Å². The highest BCUT2D eigenvalue weighted by molar-refractivity contribution is 7.13. The van der Waals surface area contributed by atoms with Crippen LogP contribution in [0.4, 0.5) is 5.69 Å². The van der Waals surface area contributed by atoms with Crippen molar-refractivity contribution in [1.29, 1.82) is 0 Å². The standard InChI is InChI=1S/C23H18N2O4S/c26-21(13-16-7-2-1-3-8-16)25-19-10-5-4-9-18(19)23(27)29-14-17-15-30-22(24-17)20-11-6-12-28-20/h1-12,15H,13-14H2,(H,25,26). The number of ether oxygens (including phenoxy) is 1. The number of amides is 1. The van der Waals surface area contributed by atoms with Gasteiger partial charge in [-0.2, -0.15) is 0 Å². The molecular formula is C23H18N2O4S. The second kappa shape index (κ2) is 9.19. The number of thiazole rings is 1. The van der Waals surface area contributed by atoms with Crippen LogP contribution in [0, 0.1) is 0 Å². The van der Waals surface area contributed by atoms with Crippen LogP contribution >= 0.6 is 11.3 Å². The van der Waals surface area contributed by atoms with Crippen LogP contribution in [0.15, 0.2) is 82.8 Å². The van der Waals surface area contributed by atoms with Gasteiger partial charge < -0.3 is 14.5 Å². The molecule has 0 saturated carbocycles. The van der Waals surface area contributed by atoms with Gasteiger partial charge in [-0.3, -0.25) is 4.79 Å². The molecule has 1 N–H and O–H groups in total. The fourth-order valence-electron chi connectivity index (χ4n) is 2.85. The van der Waals surface area contributed by atoms with Crippen molar-refractivity contribution in [2.24, 2.45) is 0 Å². The Morgan fingerprint density at radius 3 is 2.60 bits per heavy atom. The zero-order valence-electron chi connectivity index (χ0n) is 15.9. The number of aromatic nitrogens is 1. The maximum absolute atomic E-state index is 12.6. The Morgan fingerprint density at radius 2 is 1.80 bits per heavy atom. The topological polar surface area (TPSA) is 81.4 Å². The molecule has 150 valence electrons. The Balaban J connectivity index is 1.39. The van der Waals surface area contributed by atoms with Crippen LogP contribution in [0.5, 0.6) is 0 Å². The molecule has 0 aliphatic carbocycles. The lowest BCUT2D eigenvalue weighted by molar-refractivity contribution is -0.115. The van der Waals surface area contributed by atoms with Gasteiger partial charge in [0.05, 0.1) is 29.6 Å². The molecular weight excluding hydrogens is 400 g/mol. The van der Waals surface area contributed by atoms with Crippen molar-refractivity contribution in [1.82, 2.24) is 4.98 Å². The van der Waals surface area contributed by atoms with Crippen LogP contribution in [-0.2, 0) is 22.6 Å². The molecule has 4 aromatic rings. The smallest absolute Gasteiger partial charge is 0.340 e. The van der Waals surface area contributed by atoms with Gasteiger partial charge in [-0.25, -0.2) is 9.78 Å². The first-order valence-electron chi connectivity index (χ1n) is 9.27. The molecule has 0 aliphatic heterocycles. The average molecular weight is 418 g/mol. The largest absolute Gasteiger partial charge is 0.462 e. The number of furan rings is 1. The SMILES string of the molecule is O=C(Cc1ccccc1)Nc1ccccc1C(=O)OCc1csc(-c2ccco2)n1. The molecule has 0 spiro atoms. The Hall–Kier alpha value is -3.71. The summed E-state index contributed by atoms with van der Waals surface area (Å²) < 4.78 is 10.7. The van der Waals surface area contributed by atoms with Crippen LogP contribution in [0.3, 0.4) is 0 Å². The first kappa shape index (κ1) is 19.6. The van der Waals surface area contributed by atoms with E-state index in [1.807, 2.05) is 41.8 Å². The molecule has 0 radical (unpaired) electrons. The number of nitrogens with one attached hydrogen (secondary N) is 1. The summed E-state index contributed by atoms with van der Waals surface area (Å²) in [5.74, 6) is -0.0637. The minimum absolute atomic E-state index is 0.0301. The number of anilines is 1. The lowest BCUT2D eigenvalue weighted by atomic mass is 10.1. The monoisotopic (exact) mass is 418 g/mol. The number of rotatable bonds is 7. The molecule has 0 bridgehead atoms.